The molecule has 0 saturated carbocycles. The Balaban J connectivity index is 1.56. The molecular formula is C23H25N3O2. The van der Waals surface area contributed by atoms with E-state index in [1.165, 1.54) is 5.56 Å². The van der Waals surface area contributed by atoms with Crippen LogP contribution in [0.3, 0.4) is 0 Å². The molecule has 0 bridgehead atoms. The summed E-state index contributed by atoms with van der Waals surface area (Å²) in [6, 6.07) is 14.1. The Morgan fingerprint density at radius 2 is 2.00 bits per heavy atom. The fourth-order valence-electron chi connectivity index (χ4n) is 5.43. The van der Waals surface area contributed by atoms with Crippen molar-refractivity contribution >= 4 is 23.2 Å². The molecule has 3 heterocycles. The smallest absolute Gasteiger partial charge is 0.250 e. The second kappa shape index (κ2) is 6.17. The molecule has 3 atom stereocenters. The summed E-state index contributed by atoms with van der Waals surface area (Å²) in [7, 11) is 0. The van der Waals surface area contributed by atoms with Crippen molar-refractivity contribution in [2.75, 3.05) is 17.2 Å². The molecule has 2 amide bonds. The van der Waals surface area contributed by atoms with Gasteiger partial charge in [-0.05, 0) is 69.0 Å². The van der Waals surface area contributed by atoms with Crippen molar-refractivity contribution < 1.29 is 9.59 Å². The van der Waals surface area contributed by atoms with Crippen molar-refractivity contribution in [1.29, 1.82) is 0 Å². The van der Waals surface area contributed by atoms with Crippen molar-refractivity contribution in [3.8, 4) is 0 Å². The zero-order valence-electron chi connectivity index (χ0n) is 16.3. The molecule has 2 N–H and O–H groups in total. The summed E-state index contributed by atoms with van der Waals surface area (Å²) >= 11 is 0. The first-order valence-electron chi connectivity index (χ1n) is 10.1. The van der Waals surface area contributed by atoms with E-state index in [-0.39, 0.29) is 17.9 Å². The van der Waals surface area contributed by atoms with Gasteiger partial charge in [0.1, 0.15) is 5.54 Å². The van der Waals surface area contributed by atoms with Crippen LogP contribution in [-0.2, 0) is 15.1 Å². The number of hydrogen-bond donors (Lipinski definition) is 2. The molecule has 144 valence electrons. The van der Waals surface area contributed by atoms with E-state index in [4.69, 9.17) is 0 Å². The third-order valence-electron chi connectivity index (χ3n) is 6.87. The second-order valence-corrected chi connectivity index (χ2v) is 8.33. The Kier molecular flexibility index (Phi) is 3.85. The maximum Gasteiger partial charge on any atom is 0.250 e. The first kappa shape index (κ1) is 17.4. The highest BCUT2D eigenvalue weighted by molar-refractivity contribution is 6.10. The third-order valence-corrected chi connectivity index (χ3v) is 6.87. The summed E-state index contributed by atoms with van der Waals surface area (Å²) in [4.78, 5) is 29.1. The normalized spacial score (nSPS) is 28.3. The molecule has 0 aromatic heterocycles. The van der Waals surface area contributed by atoms with Crippen LogP contribution in [0.4, 0.5) is 11.4 Å². The van der Waals surface area contributed by atoms with Gasteiger partial charge in [0.15, 0.2) is 0 Å². The summed E-state index contributed by atoms with van der Waals surface area (Å²) in [6.07, 6.45) is 2.84. The number of hydrogen-bond acceptors (Lipinski definition) is 3. The molecule has 0 aliphatic carbocycles. The SMILES string of the molecule is Cc1ccc(NC(=O)[C@H]2C[C@H]3CCCN3[C@@]23C(=O)Nc2ccccc23)cc1C. The van der Waals surface area contributed by atoms with Gasteiger partial charge in [-0.25, -0.2) is 0 Å². The minimum atomic E-state index is -0.887. The molecule has 1 spiro atoms. The van der Waals surface area contributed by atoms with Crippen LogP contribution < -0.4 is 10.6 Å². The predicted octanol–water partition coefficient (Wildman–Crippen LogP) is 3.57. The Labute approximate surface area is 165 Å². The molecule has 2 saturated heterocycles. The molecule has 28 heavy (non-hydrogen) atoms. The van der Waals surface area contributed by atoms with Crippen molar-refractivity contribution in [3.63, 3.8) is 0 Å². The number of nitrogens with one attached hydrogen (secondary N) is 2. The molecule has 3 aliphatic heterocycles. The molecule has 2 aromatic carbocycles. The van der Waals surface area contributed by atoms with E-state index < -0.39 is 11.5 Å². The lowest BCUT2D eigenvalue weighted by Crippen LogP contribution is -2.53. The number of aryl methyl sites for hydroxylation is 2. The third kappa shape index (κ3) is 2.29. The van der Waals surface area contributed by atoms with Crippen LogP contribution in [0.2, 0.25) is 0 Å². The van der Waals surface area contributed by atoms with Crippen molar-refractivity contribution in [3.05, 3.63) is 59.2 Å². The van der Waals surface area contributed by atoms with Crippen LogP contribution in [0.25, 0.3) is 0 Å². The fourth-order valence-corrected chi connectivity index (χ4v) is 5.43. The van der Waals surface area contributed by atoms with Crippen molar-refractivity contribution in [2.45, 2.75) is 44.7 Å². The van der Waals surface area contributed by atoms with Crippen LogP contribution in [-0.4, -0.2) is 29.3 Å². The van der Waals surface area contributed by atoms with E-state index in [9.17, 15) is 9.59 Å². The van der Waals surface area contributed by atoms with E-state index in [2.05, 4.69) is 22.5 Å². The number of amides is 2. The number of anilines is 2. The molecule has 0 radical (unpaired) electrons. The minimum Gasteiger partial charge on any atom is -0.326 e. The number of carbonyl (C=O) groups is 2. The van der Waals surface area contributed by atoms with Crippen LogP contribution in [0.5, 0.6) is 0 Å². The van der Waals surface area contributed by atoms with Gasteiger partial charge in [0.05, 0.1) is 5.92 Å². The van der Waals surface area contributed by atoms with Gasteiger partial charge >= 0.3 is 0 Å². The quantitative estimate of drug-likeness (QED) is 0.844. The second-order valence-electron chi connectivity index (χ2n) is 8.33. The van der Waals surface area contributed by atoms with Crippen LogP contribution in [0.15, 0.2) is 42.5 Å². The van der Waals surface area contributed by atoms with Crippen molar-refractivity contribution in [1.82, 2.24) is 4.90 Å². The number of fused-ring (bicyclic) bond motifs is 4. The fraction of sp³-hybridized carbons (Fsp3) is 0.391. The van der Waals surface area contributed by atoms with E-state index in [1.54, 1.807) is 0 Å². The first-order valence-corrected chi connectivity index (χ1v) is 10.1. The van der Waals surface area contributed by atoms with Gasteiger partial charge < -0.3 is 10.6 Å². The lowest BCUT2D eigenvalue weighted by molar-refractivity contribution is -0.135. The molecule has 5 nitrogen and oxygen atoms in total. The highest BCUT2D eigenvalue weighted by Crippen LogP contribution is 2.55. The Bertz CT molecular complexity index is 986. The van der Waals surface area contributed by atoms with E-state index >= 15 is 0 Å². The number of nitrogens with zero attached hydrogens (tertiary/aromatic N) is 1. The molecule has 0 unspecified atom stereocenters. The Hall–Kier alpha value is -2.66. The van der Waals surface area contributed by atoms with Gasteiger partial charge in [-0.1, -0.05) is 24.3 Å². The van der Waals surface area contributed by atoms with Crippen molar-refractivity contribution in [2.24, 2.45) is 5.92 Å². The van der Waals surface area contributed by atoms with E-state index in [0.717, 1.165) is 48.3 Å². The largest absolute Gasteiger partial charge is 0.326 e. The summed E-state index contributed by atoms with van der Waals surface area (Å²) in [5.41, 5.74) is 4.03. The summed E-state index contributed by atoms with van der Waals surface area (Å²) < 4.78 is 0. The topological polar surface area (TPSA) is 61.4 Å². The maximum atomic E-state index is 13.4. The standard InChI is InChI=1S/C23H25N3O2/c1-14-9-10-16(12-15(14)2)24-21(27)19-13-17-6-5-11-26(17)23(19)18-7-3-4-8-20(18)25-22(23)28/h3-4,7-10,12,17,19H,5-6,11,13H2,1-2H3,(H,24,27)(H,25,28)/t17-,19-,23-/m1/s1. The first-order chi connectivity index (χ1) is 13.5. The highest BCUT2D eigenvalue weighted by Gasteiger charge is 2.65. The van der Waals surface area contributed by atoms with Gasteiger partial charge in [-0.15, -0.1) is 0 Å². The Morgan fingerprint density at radius 1 is 1.18 bits per heavy atom. The molecular weight excluding hydrogens is 350 g/mol. The molecule has 3 aliphatic rings. The Morgan fingerprint density at radius 3 is 2.82 bits per heavy atom. The van der Waals surface area contributed by atoms with Gasteiger partial charge in [0, 0.05) is 23.0 Å². The van der Waals surface area contributed by atoms with Gasteiger partial charge in [0.25, 0.3) is 0 Å². The molecule has 5 rings (SSSR count). The number of para-hydroxylation sites is 1. The van der Waals surface area contributed by atoms with E-state index in [0.29, 0.717) is 0 Å². The number of carbonyl (C=O) groups excluding carboxylic acids is 2. The van der Waals surface area contributed by atoms with Gasteiger partial charge in [-0.3, -0.25) is 14.5 Å². The van der Waals surface area contributed by atoms with Crippen LogP contribution in [0.1, 0.15) is 36.0 Å². The molecule has 2 fully saturated rings. The zero-order valence-corrected chi connectivity index (χ0v) is 16.3. The molecule has 2 aromatic rings. The van der Waals surface area contributed by atoms with Gasteiger partial charge in [-0.2, -0.15) is 0 Å². The zero-order chi connectivity index (χ0) is 19.5. The minimum absolute atomic E-state index is 0.0571. The summed E-state index contributed by atoms with van der Waals surface area (Å²) in [5.74, 6) is -0.522. The average molecular weight is 375 g/mol. The molecule has 5 heteroatoms. The average Bonchev–Trinajstić information content (AvgIpc) is 3.33. The monoisotopic (exact) mass is 375 g/mol. The maximum absolute atomic E-state index is 13.4. The van der Waals surface area contributed by atoms with Crippen LogP contribution in [0, 0.1) is 19.8 Å². The number of rotatable bonds is 2. The van der Waals surface area contributed by atoms with Gasteiger partial charge in [0.2, 0.25) is 11.8 Å². The van der Waals surface area contributed by atoms with E-state index in [1.807, 2.05) is 49.4 Å². The van der Waals surface area contributed by atoms with Crippen LogP contribution >= 0.6 is 0 Å². The lowest BCUT2D eigenvalue weighted by atomic mass is 9.78. The summed E-state index contributed by atoms with van der Waals surface area (Å²) in [6.45, 7) is 4.96. The summed E-state index contributed by atoms with van der Waals surface area (Å²) in [5, 5.41) is 6.15. The number of benzene rings is 2. The lowest BCUT2D eigenvalue weighted by Gasteiger charge is -2.36. The highest BCUT2D eigenvalue weighted by atomic mass is 16.2. The predicted molar refractivity (Wildman–Crippen MR) is 109 cm³/mol.